The molecule has 1 fully saturated rings. The average Bonchev–Trinajstić information content (AvgIpc) is 2.88. The summed E-state index contributed by atoms with van der Waals surface area (Å²) >= 11 is 0. The van der Waals surface area contributed by atoms with Crippen LogP contribution in [0.2, 0.25) is 0 Å². The molecule has 1 amide bonds. The van der Waals surface area contributed by atoms with Gasteiger partial charge < -0.3 is 19.9 Å². The number of carbonyl (C=O) groups is 2. The van der Waals surface area contributed by atoms with Gasteiger partial charge in [-0.25, -0.2) is 4.79 Å². The third-order valence-corrected chi connectivity index (χ3v) is 3.26. The minimum Gasteiger partial charge on any atom is -0.484 e. The number of rotatable bonds is 5. The second kappa shape index (κ2) is 5.92. The summed E-state index contributed by atoms with van der Waals surface area (Å²) in [5, 5.41) is 11.7. The van der Waals surface area contributed by atoms with Gasteiger partial charge in [0, 0.05) is 13.0 Å². The van der Waals surface area contributed by atoms with Crippen LogP contribution in [0.15, 0.2) is 24.3 Å². The van der Waals surface area contributed by atoms with Crippen molar-refractivity contribution in [2.24, 2.45) is 0 Å². The molecular formula is C14H17NO5. The van der Waals surface area contributed by atoms with E-state index in [1.165, 1.54) is 0 Å². The topological polar surface area (TPSA) is 84.9 Å². The predicted octanol–water partition coefficient (Wildman–Crippen LogP) is 0.734. The van der Waals surface area contributed by atoms with E-state index in [9.17, 15) is 14.7 Å². The zero-order chi connectivity index (χ0) is 14.6. The van der Waals surface area contributed by atoms with Crippen LogP contribution < -0.4 is 10.1 Å². The van der Waals surface area contributed by atoms with E-state index in [4.69, 9.17) is 9.47 Å². The van der Waals surface area contributed by atoms with E-state index in [0.29, 0.717) is 12.4 Å². The van der Waals surface area contributed by atoms with Crippen LogP contribution in [-0.4, -0.2) is 42.3 Å². The van der Waals surface area contributed by atoms with Gasteiger partial charge in [0.15, 0.2) is 12.1 Å². The molecule has 2 rings (SSSR count). The van der Waals surface area contributed by atoms with Crippen LogP contribution in [-0.2, 0) is 14.3 Å². The van der Waals surface area contributed by atoms with E-state index in [1.54, 1.807) is 6.07 Å². The van der Waals surface area contributed by atoms with Crippen LogP contribution in [0.1, 0.15) is 12.0 Å². The molecule has 1 atom stereocenters. The summed E-state index contributed by atoms with van der Waals surface area (Å²) in [4.78, 5) is 23.1. The second-order valence-electron chi connectivity index (χ2n) is 4.79. The highest BCUT2D eigenvalue weighted by molar-refractivity contribution is 5.88. The lowest BCUT2D eigenvalue weighted by Gasteiger charge is -2.23. The number of benzene rings is 1. The summed E-state index contributed by atoms with van der Waals surface area (Å²) in [6.07, 6.45) is 0.262. The smallest absolute Gasteiger partial charge is 0.331 e. The number of hydrogen-bond acceptors (Lipinski definition) is 4. The zero-order valence-electron chi connectivity index (χ0n) is 11.2. The van der Waals surface area contributed by atoms with Gasteiger partial charge >= 0.3 is 5.97 Å². The van der Waals surface area contributed by atoms with Gasteiger partial charge in [0.05, 0.1) is 6.61 Å². The molecule has 0 aromatic heterocycles. The molecule has 0 radical (unpaired) electrons. The van der Waals surface area contributed by atoms with Crippen LogP contribution in [0, 0.1) is 6.92 Å². The first-order valence-electron chi connectivity index (χ1n) is 6.34. The molecule has 6 nitrogen and oxygen atoms in total. The maximum Gasteiger partial charge on any atom is 0.331 e. The Morgan fingerprint density at radius 3 is 2.80 bits per heavy atom. The lowest BCUT2D eigenvalue weighted by atomic mass is 9.99. The molecular weight excluding hydrogens is 262 g/mol. The number of aryl methyl sites for hydroxylation is 1. The Kier molecular flexibility index (Phi) is 4.24. The fourth-order valence-electron chi connectivity index (χ4n) is 2.05. The second-order valence-corrected chi connectivity index (χ2v) is 4.79. The van der Waals surface area contributed by atoms with E-state index in [0.717, 1.165) is 5.56 Å². The molecule has 2 N–H and O–H groups in total. The number of carboxylic acids is 1. The molecule has 0 aliphatic carbocycles. The summed E-state index contributed by atoms with van der Waals surface area (Å²) in [7, 11) is 0. The normalized spacial score (nSPS) is 21.4. The number of ether oxygens (including phenoxy) is 2. The predicted molar refractivity (Wildman–Crippen MR) is 70.6 cm³/mol. The van der Waals surface area contributed by atoms with Gasteiger partial charge in [0.25, 0.3) is 5.91 Å². The Hall–Kier alpha value is -2.08. The van der Waals surface area contributed by atoms with Crippen molar-refractivity contribution in [2.75, 3.05) is 19.8 Å². The number of aliphatic carboxylic acids is 1. The minimum atomic E-state index is -1.33. The van der Waals surface area contributed by atoms with Crippen molar-refractivity contribution >= 4 is 11.9 Å². The Morgan fingerprint density at radius 2 is 2.20 bits per heavy atom. The molecule has 1 aromatic carbocycles. The molecule has 1 heterocycles. The Balaban J connectivity index is 1.92. The van der Waals surface area contributed by atoms with E-state index in [-0.39, 0.29) is 19.6 Å². The molecule has 1 aromatic rings. The van der Waals surface area contributed by atoms with Crippen molar-refractivity contribution < 1.29 is 24.2 Å². The van der Waals surface area contributed by atoms with Gasteiger partial charge in [0.1, 0.15) is 5.75 Å². The van der Waals surface area contributed by atoms with E-state index < -0.39 is 17.4 Å². The molecule has 1 unspecified atom stereocenters. The van der Waals surface area contributed by atoms with Crippen molar-refractivity contribution in [3.63, 3.8) is 0 Å². The lowest BCUT2D eigenvalue weighted by molar-refractivity contribution is -0.148. The van der Waals surface area contributed by atoms with Crippen LogP contribution >= 0.6 is 0 Å². The number of carboxylic acid groups (broad SMARTS) is 1. The highest BCUT2D eigenvalue weighted by Gasteiger charge is 2.43. The molecule has 1 aliphatic rings. The van der Waals surface area contributed by atoms with Gasteiger partial charge in [0.2, 0.25) is 0 Å². The lowest BCUT2D eigenvalue weighted by Crippen LogP contribution is -2.56. The van der Waals surface area contributed by atoms with E-state index >= 15 is 0 Å². The third kappa shape index (κ3) is 3.08. The van der Waals surface area contributed by atoms with Gasteiger partial charge in [-0.3, -0.25) is 4.79 Å². The van der Waals surface area contributed by atoms with Gasteiger partial charge in [-0.15, -0.1) is 0 Å². The first-order valence-corrected chi connectivity index (χ1v) is 6.34. The summed E-state index contributed by atoms with van der Waals surface area (Å²) in [6, 6.07) is 7.31. The molecule has 20 heavy (non-hydrogen) atoms. The number of nitrogens with one attached hydrogen (secondary N) is 1. The zero-order valence-corrected chi connectivity index (χ0v) is 11.2. The highest BCUT2D eigenvalue weighted by Crippen LogP contribution is 2.19. The first kappa shape index (κ1) is 14.3. The molecule has 0 bridgehead atoms. The maximum absolute atomic E-state index is 11.8. The fraction of sp³-hybridized carbons (Fsp3) is 0.429. The van der Waals surface area contributed by atoms with Crippen LogP contribution in [0.3, 0.4) is 0 Å². The number of para-hydroxylation sites is 1. The monoisotopic (exact) mass is 279 g/mol. The SMILES string of the molecule is Cc1ccccc1OCC(=O)NC1(C(=O)O)CCOC1. The third-order valence-electron chi connectivity index (χ3n) is 3.26. The molecule has 1 aliphatic heterocycles. The molecule has 0 spiro atoms. The summed E-state index contributed by atoms with van der Waals surface area (Å²) in [5.41, 5.74) is -0.413. The van der Waals surface area contributed by atoms with Crippen molar-refractivity contribution in [1.82, 2.24) is 5.32 Å². The van der Waals surface area contributed by atoms with Crippen molar-refractivity contribution in [3.05, 3.63) is 29.8 Å². The Labute approximate surface area is 116 Å². The highest BCUT2D eigenvalue weighted by atomic mass is 16.5. The van der Waals surface area contributed by atoms with Crippen molar-refractivity contribution in [3.8, 4) is 5.75 Å². The van der Waals surface area contributed by atoms with Crippen LogP contribution in [0.5, 0.6) is 5.75 Å². The standard InChI is InChI=1S/C14H17NO5/c1-10-4-2-3-5-11(10)20-8-12(16)15-14(13(17)18)6-7-19-9-14/h2-5H,6-9H2,1H3,(H,15,16)(H,17,18). The van der Waals surface area contributed by atoms with Crippen molar-refractivity contribution in [1.29, 1.82) is 0 Å². The maximum atomic E-state index is 11.8. The Morgan fingerprint density at radius 1 is 1.45 bits per heavy atom. The molecule has 1 saturated heterocycles. The summed E-state index contributed by atoms with van der Waals surface area (Å²) in [6.45, 7) is 1.96. The molecule has 108 valence electrons. The van der Waals surface area contributed by atoms with Crippen LogP contribution in [0.25, 0.3) is 0 Å². The van der Waals surface area contributed by atoms with Gasteiger partial charge in [-0.1, -0.05) is 18.2 Å². The minimum absolute atomic E-state index is 0.0154. The quantitative estimate of drug-likeness (QED) is 0.830. The largest absolute Gasteiger partial charge is 0.484 e. The van der Waals surface area contributed by atoms with Crippen molar-refractivity contribution in [2.45, 2.75) is 18.9 Å². The molecule has 0 saturated carbocycles. The molecule has 6 heteroatoms. The van der Waals surface area contributed by atoms with Gasteiger partial charge in [-0.05, 0) is 18.6 Å². The fourth-order valence-corrected chi connectivity index (χ4v) is 2.05. The van der Waals surface area contributed by atoms with Gasteiger partial charge in [-0.2, -0.15) is 0 Å². The summed E-state index contributed by atoms with van der Waals surface area (Å²) < 4.78 is 10.5. The summed E-state index contributed by atoms with van der Waals surface area (Å²) in [5.74, 6) is -0.949. The van der Waals surface area contributed by atoms with E-state index in [2.05, 4.69) is 5.32 Å². The van der Waals surface area contributed by atoms with E-state index in [1.807, 2.05) is 25.1 Å². The first-order chi connectivity index (χ1) is 9.53. The van der Waals surface area contributed by atoms with Crippen LogP contribution in [0.4, 0.5) is 0 Å². The Bertz CT molecular complexity index is 508. The number of amides is 1. The number of hydrogen-bond donors (Lipinski definition) is 2. The average molecular weight is 279 g/mol. The number of carbonyl (C=O) groups excluding carboxylic acids is 1.